The van der Waals surface area contributed by atoms with E-state index in [0.29, 0.717) is 12.6 Å². The first kappa shape index (κ1) is 16.8. The van der Waals surface area contributed by atoms with Crippen LogP contribution < -0.4 is 0 Å². The van der Waals surface area contributed by atoms with Gasteiger partial charge in [0.15, 0.2) is 0 Å². The van der Waals surface area contributed by atoms with Gasteiger partial charge in [0.2, 0.25) is 0 Å². The highest BCUT2D eigenvalue weighted by Gasteiger charge is 2.84. The first-order chi connectivity index (χ1) is 13.3. The van der Waals surface area contributed by atoms with Gasteiger partial charge in [-0.1, -0.05) is 24.3 Å². The molecule has 1 aromatic heterocycles. The fraction of sp³-hybridized carbons (Fsp3) is 0.522. The van der Waals surface area contributed by atoms with Crippen LogP contribution in [0.2, 0.25) is 0 Å². The molecule has 3 heterocycles. The molecule has 2 bridgehead atoms. The molecule has 5 aliphatic rings. The van der Waals surface area contributed by atoms with Crippen molar-refractivity contribution in [2.24, 2.45) is 16.7 Å². The maximum atomic E-state index is 15.9. The number of aromatic amines is 1. The zero-order valence-corrected chi connectivity index (χ0v) is 16.2. The van der Waals surface area contributed by atoms with Crippen LogP contribution in [0.15, 0.2) is 36.4 Å². The number of carboxylic acid groups (broad SMARTS) is 1. The highest BCUT2D eigenvalue weighted by molar-refractivity contribution is 5.85. The molecule has 0 radical (unpaired) electrons. The van der Waals surface area contributed by atoms with E-state index >= 15 is 4.39 Å². The molecule has 1 aromatic carbocycles. The van der Waals surface area contributed by atoms with E-state index < -0.39 is 11.6 Å². The Morgan fingerprint density at radius 3 is 2.86 bits per heavy atom. The molecule has 0 amide bonds. The minimum atomic E-state index is -1.30. The van der Waals surface area contributed by atoms with Crippen molar-refractivity contribution < 1.29 is 14.3 Å². The van der Waals surface area contributed by atoms with Gasteiger partial charge in [-0.3, -0.25) is 4.90 Å². The summed E-state index contributed by atoms with van der Waals surface area (Å²) in [4.78, 5) is 17.1. The largest absolute Gasteiger partial charge is 0.478 e. The summed E-state index contributed by atoms with van der Waals surface area (Å²) in [6.07, 6.45) is 5.72. The number of rotatable bonds is 2. The summed E-state index contributed by atoms with van der Waals surface area (Å²) in [7, 11) is 0. The molecule has 4 unspecified atom stereocenters. The minimum absolute atomic E-state index is 0.0884. The normalized spacial score (nSPS) is 43.8. The number of H-pyrrole nitrogens is 1. The lowest BCUT2D eigenvalue weighted by atomic mass is 9.23. The maximum absolute atomic E-state index is 15.9. The van der Waals surface area contributed by atoms with E-state index in [9.17, 15) is 4.79 Å². The fourth-order valence-electron chi connectivity index (χ4n) is 7.71. The molecule has 1 spiro atoms. The number of nitrogens with zero attached hydrogens (tertiary/aromatic N) is 1. The second kappa shape index (κ2) is 4.88. The lowest BCUT2D eigenvalue weighted by Crippen LogP contribution is -2.82. The topological polar surface area (TPSA) is 56.3 Å². The van der Waals surface area contributed by atoms with Crippen LogP contribution in [0.3, 0.4) is 0 Å². The number of carboxylic acids is 1. The number of hydrogen-bond acceptors (Lipinski definition) is 2. The zero-order chi connectivity index (χ0) is 19.5. The first-order valence-corrected chi connectivity index (χ1v) is 10.2. The number of hydrogen-bond donors (Lipinski definition) is 2. The summed E-state index contributed by atoms with van der Waals surface area (Å²) in [5.74, 6) is -1.05. The van der Waals surface area contributed by atoms with Gasteiger partial charge in [0.05, 0.1) is 6.04 Å². The van der Waals surface area contributed by atoms with Gasteiger partial charge in [-0.15, -0.1) is 0 Å². The van der Waals surface area contributed by atoms with E-state index in [-0.39, 0.29) is 22.8 Å². The Bertz CT molecular complexity index is 1050. The Labute approximate surface area is 163 Å². The smallest absolute Gasteiger partial charge is 0.327 e. The molecule has 5 heteroatoms. The van der Waals surface area contributed by atoms with E-state index in [1.54, 1.807) is 13.0 Å². The number of alkyl halides is 1. The van der Waals surface area contributed by atoms with E-state index in [0.717, 1.165) is 19.3 Å². The molecular formula is C23H25FN2O2. The van der Waals surface area contributed by atoms with Crippen LogP contribution in [-0.2, 0) is 11.2 Å². The quantitative estimate of drug-likeness (QED) is 0.767. The summed E-state index contributed by atoms with van der Waals surface area (Å²) >= 11 is 0. The Kier molecular flexibility index (Phi) is 2.92. The molecule has 1 saturated heterocycles. The van der Waals surface area contributed by atoms with Gasteiger partial charge in [0.1, 0.15) is 5.67 Å². The summed E-state index contributed by atoms with van der Waals surface area (Å²) in [6.45, 7) is 4.38. The van der Waals surface area contributed by atoms with Crippen LogP contribution in [0.25, 0.3) is 10.9 Å². The van der Waals surface area contributed by atoms with Crippen molar-refractivity contribution in [2.45, 2.75) is 50.9 Å². The molecular weight excluding hydrogens is 355 g/mol. The van der Waals surface area contributed by atoms with Crippen molar-refractivity contribution in [2.75, 3.05) is 6.54 Å². The summed E-state index contributed by atoms with van der Waals surface area (Å²) in [6, 6.07) is 8.95. The molecule has 2 N–H and O–H groups in total. The lowest BCUT2D eigenvalue weighted by Gasteiger charge is -2.83. The number of fused-ring (bicyclic) bond motifs is 5. The number of benzene rings is 1. The number of allylic oxidation sites excluding steroid dienone is 1. The molecule has 4 atom stereocenters. The molecule has 3 aliphatic carbocycles. The van der Waals surface area contributed by atoms with Gasteiger partial charge in [0.25, 0.3) is 0 Å². The molecule has 3 saturated carbocycles. The predicted molar refractivity (Wildman–Crippen MR) is 105 cm³/mol. The third kappa shape index (κ3) is 1.77. The van der Waals surface area contributed by atoms with Gasteiger partial charge in [-0.05, 0) is 55.6 Å². The maximum Gasteiger partial charge on any atom is 0.327 e. The number of aromatic nitrogens is 1. The van der Waals surface area contributed by atoms with Gasteiger partial charge in [-0.2, -0.15) is 0 Å². The molecule has 2 aliphatic heterocycles. The monoisotopic (exact) mass is 380 g/mol. The van der Waals surface area contributed by atoms with E-state index in [4.69, 9.17) is 5.11 Å². The van der Waals surface area contributed by atoms with E-state index in [2.05, 4.69) is 41.1 Å². The number of piperidine rings is 1. The summed E-state index contributed by atoms with van der Waals surface area (Å²) < 4.78 is 15.9. The Hall–Kier alpha value is -2.14. The van der Waals surface area contributed by atoms with Crippen LogP contribution in [0.4, 0.5) is 4.39 Å². The third-order valence-electron chi connectivity index (χ3n) is 8.18. The van der Waals surface area contributed by atoms with Crippen LogP contribution in [0.1, 0.15) is 44.0 Å². The van der Waals surface area contributed by atoms with E-state index in [1.807, 2.05) is 0 Å². The van der Waals surface area contributed by atoms with Gasteiger partial charge >= 0.3 is 5.97 Å². The van der Waals surface area contributed by atoms with Gasteiger partial charge < -0.3 is 10.1 Å². The van der Waals surface area contributed by atoms with Crippen LogP contribution in [-0.4, -0.2) is 39.2 Å². The minimum Gasteiger partial charge on any atom is -0.478 e. The number of para-hydroxylation sites is 1. The second-order valence-electron chi connectivity index (χ2n) is 9.89. The SMILES string of the molecule is CC1Cc2c([nH]c3ccccc23)C2N1CC(C)(F)C1C3(/C=C/C(=O)O)CC21C3. The van der Waals surface area contributed by atoms with Crippen LogP contribution in [0.5, 0.6) is 0 Å². The highest BCUT2D eigenvalue weighted by atomic mass is 19.1. The standard InChI is InChI=1S/C23H25FN2O2/c1-13-9-15-14-5-3-4-6-16(14)25-18(15)19-23-10-22(11-23,8-7-17(27)28)20(23)21(2,24)12-26(13)19/h3-8,13,19-20,25H,9-12H2,1-2H3,(H,27,28)/b8-7+. The van der Waals surface area contributed by atoms with Crippen molar-refractivity contribution in [3.05, 3.63) is 47.7 Å². The Morgan fingerprint density at radius 1 is 1.36 bits per heavy atom. The predicted octanol–water partition coefficient (Wildman–Crippen LogP) is 4.23. The molecule has 28 heavy (non-hydrogen) atoms. The second-order valence-corrected chi connectivity index (χ2v) is 9.89. The molecule has 2 aromatic rings. The number of aliphatic carboxylic acids is 1. The molecule has 4 nitrogen and oxygen atoms in total. The Morgan fingerprint density at radius 2 is 2.11 bits per heavy atom. The van der Waals surface area contributed by atoms with Gasteiger partial charge in [-0.25, -0.2) is 9.18 Å². The number of carbonyl (C=O) groups is 1. The Balaban J connectivity index is 1.49. The lowest BCUT2D eigenvalue weighted by molar-refractivity contribution is -0.355. The van der Waals surface area contributed by atoms with Crippen molar-refractivity contribution in [3.8, 4) is 0 Å². The highest BCUT2D eigenvalue weighted by Crippen LogP contribution is 2.86. The van der Waals surface area contributed by atoms with Crippen molar-refractivity contribution >= 4 is 16.9 Å². The fourth-order valence-corrected chi connectivity index (χ4v) is 7.71. The molecule has 4 fully saturated rings. The van der Waals surface area contributed by atoms with Crippen molar-refractivity contribution in [3.63, 3.8) is 0 Å². The summed E-state index contributed by atoms with van der Waals surface area (Å²) in [5, 5.41) is 10.4. The number of halogens is 1. The number of nitrogens with one attached hydrogen (secondary N) is 1. The van der Waals surface area contributed by atoms with Crippen LogP contribution >= 0.6 is 0 Å². The van der Waals surface area contributed by atoms with Crippen molar-refractivity contribution in [1.29, 1.82) is 0 Å². The zero-order valence-electron chi connectivity index (χ0n) is 16.2. The first-order valence-electron chi connectivity index (χ1n) is 10.2. The summed E-state index contributed by atoms with van der Waals surface area (Å²) in [5.41, 5.74) is 2.17. The van der Waals surface area contributed by atoms with E-state index in [1.165, 1.54) is 28.2 Å². The molecule has 7 rings (SSSR count). The van der Waals surface area contributed by atoms with Gasteiger partial charge in [0, 0.05) is 41.2 Å². The van der Waals surface area contributed by atoms with Crippen molar-refractivity contribution in [1.82, 2.24) is 9.88 Å². The molecule has 146 valence electrons. The van der Waals surface area contributed by atoms with Crippen LogP contribution in [0, 0.1) is 16.7 Å². The third-order valence-corrected chi connectivity index (χ3v) is 8.18. The average Bonchev–Trinajstić information content (AvgIpc) is 2.91. The average molecular weight is 380 g/mol.